The Kier molecular flexibility index (Phi) is 5.08. The van der Waals surface area contributed by atoms with Gasteiger partial charge in [0.15, 0.2) is 0 Å². The molecule has 2 rings (SSSR count). The lowest BCUT2D eigenvalue weighted by molar-refractivity contribution is -0.148. The van der Waals surface area contributed by atoms with Gasteiger partial charge in [-0.1, -0.05) is 13.3 Å². The fraction of sp³-hybridized carbons (Fsp3) is 0.867. The molecule has 2 saturated heterocycles. The van der Waals surface area contributed by atoms with Crippen molar-refractivity contribution in [3.8, 4) is 0 Å². The van der Waals surface area contributed by atoms with Crippen molar-refractivity contribution in [3.05, 3.63) is 0 Å². The zero-order chi connectivity index (χ0) is 15.5. The van der Waals surface area contributed by atoms with Crippen LogP contribution in [-0.4, -0.2) is 53.8 Å². The second kappa shape index (κ2) is 6.64. The molecule has 0 bridgehead atoms. The van der Waals surface area contributed by atoms with Crippen LogP contribution in [0.4, 0.5) is 4.79 Å². The SMILES string of the molecule is CCCC1(C(=O)O)CCN(C(=O)NC(C)C2CCCO2)C1. The molecule has 2 aliphatic heterocycles. The quantitative estimate of drug-likeness (QED) is 0.811. The molecule has 6 nitrogen and oxygen atoms in total. The Morgan fingerprint density at radius 2 is 2.29 bits per heavy atom. The number of amides is 2. The first kappa shape index (κ1) is 16.1. The maximum Gasteiger partial charge on any atom is 0.317 e. The first-order chi connectivity index (χ1) is 9.98. The molecule has 0 aliphatic carbocycles. The van der Waals surface area contributed by atoms with Crippen LogP contribution in [0.15, 0.2) is 0 Å². The molecule has 0 aromatic carbocycles. The maximum absolute atomic E-state index is 12.3. The smallest absolute Gasteiger partial charge is 0.317 e. The van der Waals surface area contributed by atoms with Gasteiger partial charge in [0.25, 0.3) is 0 Å². The van der Waals surface area contributed by atoms with E-state index in [0.717, 1.165) is 25.9 Å². The number of nitrogens with zero attached hydrogens (tertiary/aromatic N) is 1. The summed E-state index contributed by atoms with van der Waals surface area (Å²) in [7, 11) is 0. The van der Waals surface area contributed by atoms with E-state index in [0.29, 0.717) is 25.9 Å². The van der Waals surface area contributed by atoms with E-state index < -0.39 is 11.4 Å². The van der Waals surface area contributed by atoms with Crippen molar-refractivity contribution < 1.29 is 19.4 Å². The van der Waals surface area contributed by atoms with Crippen LogP contribution in [-0.2, 0) is 9.53 Å². The molecule has 3 atom stereocenters. The largest absolute Gasteiger partial charge is 0.481 e. The van der Waals surface area contributed by atoms with Gasteiger partial charge < -0.3 is 20.1 Å². The van der Waals surface area contributed by atoms with Crippen LogP contribution in [0.5, 0.6) is 0 Å². The van der Waals surface area contributed by atoms with E-state index in [1.807, 2.05) is 13.8 Å². The third-order valence-corrected chi connectivity index (χ3v) is 4.70. The van der Waals surface area contributed by atoms with Gasteiger partial charge in [-0.15, -0.1) is 0 Å². The molecule has 6 heteroatoms. The molecule has 21 heavy (non-hydrogen) atoms. The van der Waals surface area contributed by atoms with Gasteiger partial charge in [0.2, 0.25) is 0 Å². The van der Waals surface area contributed by atoms with Crippen LogP contribution in [0.25, 0.3) is 0 Å². The lowest BCUT2D eigenvalue weighted by Crippen LogP contribution is -2.48. The van der Waals surface area contributed by atoms with Crippen LogP contribution >= 0.6 is 0 Å². The van der Waals surface area contributed by atoms with Crippen molar-refractivity contribution in [3.63, 3.8) is 0 Å². The number of urea groups is 1. The summed E-state index contributed by atoms with van der Waals surface area (Å²) in [6.07, 6.45) is 4.06. The third-order valence-electron chi connectivity index (χ3n) is 4.70. The number of aliphatic carboxylic acids is 1. The van der Waals surface area contributed by atoms with Gasteiger partial charge in [-0.2, -0.15) is 0 Å². The summed E-state index contributed by atoms with van der Waals surface area (Å²) in [5.41, 5.74) is -0.765. The van der Waals surface area contributed by atoms with Gasteiger partial charge in [0.1, 0.15) is 0 Å². The van der Waals surface area contributed by atoms with E-state index in [4.69, 9.17) is 4.74 Å². The third kappa shape index (κ3) is 3.48. The van der Waals surface area contributed by atoms with E-state index in [9.17, 15) is 14.7 Å². The Bertz CT molecular complexity index is 395. The minimum Gasteiger partial charge on any atom is -0.481 e. The number of ether oxygens (including phenoxy) is 1. The van der Waals surface area contributed by atoms with Crippen molar-refractivity contribution >= 4 is 12.0 Å². The fourth-order valence-electron chi connectivity index (χ4n) is 3.39. The molecule has 2 amide bonds. The first-order valence-corrected chi connectivity index (χ1v) is 7.89. The summed E-state index contributed by atoms with van der Waals surface area (Å²) in [4.78, 5) is 25.5. The van der Waals surface area contributed by atoms with E-state index >= 15 is 0 Å². The zero-order valence-electron chi connectivity index (χ0n) is 12.9. The maximum atomic E-state index is 12.3. The monoisotopic (exact) mass is 298 g/mol. The first-order valence-electron chi connectivity index (χ1n) is 7.89. The number of rotatable bonds is 5. The highest BCUT2D eigenvalue weighted by molar-refractivity contribution is 5.79. The zero-order valence-corrected chi connectivity index (χ0v) is 12.9. The van der Waals surface area contributed by atoms with Gasteiger partial charge in [0.05, 0.1) is 17.6 Å². The van der Waals surface area contributed by atoms with Crippen molar-refractivity contribution in [1.82, 2.24) is 10.2 Å². The molecule has 120 valence electrons. The normalized spacial score (nSPS) is 30.4. The second-order valence-electron chi connectivity index (χ2n) is 6.30. The van der Waals surface area contributed by atoms with Crippen LogP contribution in [0.2, 0.25) is 0 Å². The predicted molar refractivity (Wildman–Crippen MR) is 78.1 cm³/mol. The van der Waals surface area contributed by atoms with Crippen LogP contribution in [0, 0.1) is 5.41 Å². The molecule has 0 aromatic rings. The van der Waals surface area contributed by atoms with Crippen molar-refractivity contribution in [1.29, 1.82) is 0 Å². The molecule has 3 unspecified atom stereocenters. The summed E-state index contributed by atoms with van der Waals surface area (Å²) in [5.74, 6) is -0.785. The number of carboxylic acid groups (broad SMARTS) is 1. The Labute approximate surface area is 125 Å². The Morgan fingerprint density at radius 3 is 2.86 bits per heavy atom. The summed E-state index contributed by atoms with van der Waals surface area (Å²) in [5, 5.41) is 12.4. The molecule has 2 fully saturated rings. The average Bonchev–Trinajstić information content (AvgIpc) is 3.09. The molecule has 2 aliphatic rings. The minimum atomic E-state index is -0.785. The van der Waals surface area contributed by atoms with Gasteiger partial charge in [-0.25, -0.2) is 4.79 Å². The standard InChI is InChI=1S/C15H26N2O4/c1-3-6-15(13(18)19)7-8-17(10-15)14(20)16-11(2)12-5-4-9-21-12/h11-12H,3-10H2,1-2H3,(H,16,20)(H,18,19). The summed E-state index contributed by atoms with van der Waals surface area (Å²) < 4.78 is 5.57. The molecular formula is C15H26N2O4. The molecule has 2 N–H and O–H groups in total. The number of hydrogen-bond acceptors (Lipinski definition) is 3. The lowest BCUT2D eigenvalue weighted by Gasteiger charge is -2.26. The number of carbonyl (C=O) groups excluding carboxylic acids is 1. The minimum absolute atomic E-state index is 0.0361. The molecular weight excluding hydrogens is 272 g/mol. The van der Waals surface area contributed by atoms with Crippen molar-refractivity contribution in [2.75, 3.05) is 19.7 Å². The van der Waals surface area contributed by atoms with Gasteiger partial charge in [-0.3, -0.25) is 4.79 Å². The van der Waals surface area contributed by atoms with Crippen LogP contribution in [0.3, 0.4) is 0 Å². The molecule has 0 saturated carbocycles. The Hall–Kier alpha value is -1.30. The molecule has 0 spiro atoms. The fourth-order valence-corrected chi connectivity index (χ4v) is 3.39. The Morgan fingerprint density at radius 1 is 1.52 bits per heavy atom. The van der Waals surface area contributed by atoms with Crippen molar-refractivity contribution in [2.24, 2.45) is 5.41 Å². The van der Waals surface area contributed by atoms with E-state index in [-0.39, 0.29) is 18.2 Å². The van der Waals surface area contributed by atoms with Gasteiger partial charge in [0, 0.05) is 19.7 Å². The average molecular weight is 298 g/mol. The summed E-state index contributed by atoms with van der Waals surface area (Å²) in [6.45, 7) is 5.50. The summed E-state index contributed by atoms with van der Waals surface area (Å²) >= 11 is 0. The second-order valence-corrected chi connectivity index (χ2v) is 6.30. The van der Waals surface area contributed by atoms with Gasteiger partial charge in [-0.05, 0) is 32.6 Å². The Balaban J connectivity index is 1.90. The lowest BCUT2D eigenvalue weighted by atomic mass is 9.83. The van der Waals surface area contributed by atoms with Crippen LogP contribution in [0.1, 0.15) is 46.0 Å². The van der Waals surface area contributed by atoms with Crippen LogP contribution < -0.4 is 5.32 Å². The molecule has 0 radical (unpaired) electrons. The summed E-state index contributed by atoms with van der Waals surface area (Å²) in [6, 6.07) is -0.205. The molecule has 0 aromatic heterocycles. The number of likely N-dealkylation sites (tertiary alicyclic amines) is 1. The van der Waals surface area contributed by atoms with E-state index in [2.05, 4.69) is 5.32 Å². The molecule has 2 heterocycles. The van der Waals surface area contributed by atoms with E-state index in [1.165, 1.54) is 0 Å². The highest BCUT2D eigenvalue weighted by atomic mass is 16.5. The number of nitrogens with one attached hydrogen (secondary N) is 1. The van der Waals surface area contributed by atoms with Crippen molar-refractivity contribution in [2.45, 2.75) is 58.1 Å². The number of hydrogen-bond donors (Lipinski definition) is 2. The number of carboxylic acids is 1. The highest BCUT2D eigenvalue weighted by Crippen LogP contribution is 2.35. The van der Waals surface area contributed by atoms with Gasteiger partial charge >= 0.3 is 12.0 Å². The predicted octanol–water partition coefficient (Wildman–Crippen LogP) is 1.84. The topological polar surface area (TPSA) is 78.9 Å². The van der Waals surface area contributed by atoms with E-state index in [1.54, 1.807) is 4.90 Å². The number of carbonyl (C=O) groups is 2. The highest BCUT2D eigenvalue weighted by Gasteiger charge is 2.45.